The topological polar surface area (TPSA) is 100 Å². The Balaban J connectivity index is 1.25. The van der Waals surface area contributed by atoms with E-state index in [0.29, 0.717) is 46.5 Å². The molecule has 1 saturated heterocycles. The van der Waals surface area contributed by atoms with E-state index in [-0.39, 0.29) is 23.7 Å². The summed E-state index contributed by atoms with van der Waals surface area (Å²) in [7, 11) is 5.05. The fourth-order valence-electron chi connectivity index (χ4n) is 7.34. The van der Waals surface area contributed by atoms with Gasteiger partial charge in [0.05, 0.1) is 31.1 Å². The van der Waals surface area contributed by atoms with E-state index in [1.165, 1.54) is 7.11 Å². The van der Waals surface area contributed by atoms with Crippen LogP contribution in [0.5, 0.6) is 11.5 Å². The highest BCUT2D eigenvalue weighted by atomic mass is 19.1. The number of fused-ring (bicyclic) bond motifs is 4. The molecule has 2 N–H and O–H groups in total. The number of rotatable bonds is 7. The van der Waals surface area contributed by atoms with E-state index < -0.39 is 5.82 Å². The van der Waals surface area contributed by atoms with Crippen molar-refractivity contribution in [3.05, 3.63) is 59.9 Å². The molecule has 226 valence electrons. The fraction of sp³-hybridized carbons (Fsp3) is 0.382. The normalized spacial score (nSPS) is 21.1. The monoisotopic (exact) mass is 594 g/mol. The van der Waals surface area contributed by atoms with Crippen LogP contribution in [0.3, 0.4) is 0 Å². The molecule has 8 rings (SSSR count). The van der Waals surface area contributed by atoms with Crippen LogP contribution in [0.25, 0.3) is 44.8 Å². The summed E-state index contributed by atoms with van der Waals surface area (Å²) >= 11 is 0. The SMILES string of the molecule is COc1cccc(-c2ccc3cc(-c4nc5cc(C(=O)N6C[C@H]7CC[C@@H]6[C@@H]7N)cc(OC)c5n4C)n(CC4CC4)c3n2)c1F. The molecule has 3 aromatic heterocycles. The molecule has 3 atom stereocenters. The van der Waals surface area contributed by atoms with Crippen molar-refractivity contribution in [3.8, 4) is 34.3 Å². The minimum atomic E-state index is -0.432. The smallest absolute Gasteiger partial charge is 0.254 e. The van der Waals surface area contributed by atoms with Crippen molar-refractivity contribution in [2.45, 2.75) is 44.3 Å². The second-order valence-corrected chi connectivity index (χ2v) is 12.5. The molecule has 0 unspecified atom stereocenters. The lowest BCUT2D eigenvalue weighted by molar-refractivity contribution is 0.0700. The quantitative estimate of drug-likeness (QED) is 0.272. The van der Waals surface area contributed by atoms with Crippen LogP contribution in [-0.2, 0) is 13.6 Å². The Kier molecular flexibility index (Phi) is 6.20. The molecule has 44 heavy (non-hydrogen) atoms. The summed E-state index contributed by atoms with van der Waals surface area (Å²) in [5.41, 5.74) is 11.1. The maximum absolute atomic E-state index is 15.2. The van der Waals surface area contributed by atoms with Crippen molar-refractivity contribution in [3.63, 3.8) is 0 Å². The molecule has 2 bridgehead atoms. The standard InChI is InChI=1S/C34H35FN6O3/c1-39-31-24(13-21(15-28(31)44-3)34(42)41-17-20-10-12-25(41)30(20)36)38-33(39)26-14-19-9-11-23(22-5-4-6-27(43-2)29(22)35)37-32(19)40(26)16-18-7-8-18/h4-6,9,11,13-15,18,20,25,30H,7-8,10,12,16-17,36H2,1-3H3/t20-,25-,30-/m1/s1. The Morgan fingerprint density at radius 2 is 1.84 bits per heavy atom. The molecule has 0 radical (unpaired) electrons. The Morgan fingerprint density at radius 1 is 1.02 bits per heavy atom. The second-order valence-electron chi connectivity index (χ2n) is 12.5. The molecule has 2 saturated carbocycles. The largest absolute Gasteiger partial charge is 0.494 e. The van der Waals surface area contributed by atoms with E-state index >= 15 is 4.39 Å². The van der Waals surface area contributed by atoms with Gasteiger partial charge in [-0.3, -0.25) is 4.79 Å². The van der Waals surface area contributed by atoms with Crippen molar-refractivity contribution >= 4 is 28.0 Å². The number of carbonyl (C=O) groups excluding carboxylic acids is 1. The molecule has 1 amide bonds. The maximum atomic E-state index is 15.2. The highest BCUT2D eigenvalue weighted by Gasteiger charge is 2.47. The van der Waals surface area contributed by atoms with Crippen LogP contribution < -0.4 is 15.2 Å². The Morgan fingerprint density at radius 3 is 2.55 bits per heavy atom. The van der Waals surface area contributed by atoms with E-state index in [4.69, 9.17) is 25.2 Å². The molecule has 9 nitrogen and oxygen atoms in total. The number of nitrogens with two attached hydrogens (primary N) is 1. The Hall–Kier alpha value is -4.44. The number of hydrogen-bond acceptors (Lipinski definition) is 6. The zero-order valence-corrected chi connectivity index (χ0v) is 25.1. The summed E-state index contributed by atoms with van der Waals surface area (Å²) in [6, 6.07) is 14.9. The lowest BCUT2D eigenvalue weighted by atomic mass is 10.1. The number of piperidine rings is 1. The molecule has 3 fully saturated rings. The zero-order chi connectivity index (χ0) is 30.3. The first kappa shape index (κ1) is 27.1. The molecular formula is C34H35FN6O3. The van der Waals surface area contributed by atoms with E-state index in [0.717, 1.165) is 60.3 Å². The lowest BCUT2D eigenvalue weighted by Gasteiger charge is -2.27. The number of amides is 1. The van der Waals surface area contributed by atoms with Gasteiger partial charge < -0.3 is 29.2 Å². The average Bonchev–Trinajstić information content (AvgIpc) is 3.44. The number of ether oxygens (including phenoxy) is 2. The van der Waals surface area contributed by atoms with Crippen molar-refractivity contribution in [2.75, 3.05) is 20.8 Å². The van der Waals surface area contributed by atoms with Gasteiger partial charge in [-0.2, -0.15) is 0 Å². The van der Waals surface area contributed by atoms with Gasteiger partial charge in [0.15, 0.2) is 17.4 Å². The van der Waals surface area contributed by atoms with Gasteiger partial charge in [0.25, 0.3) is 5.91 Å². The molecule has 3 aliphatic rings. The summed E-state index contributed by atoms with van der Waals surface area (Å²) < 4.78 is 30.5. The summed E-state index contributed by atoms with van der Waals surface area (Å²) in [5, 5.41) is 0.947. The van der Waals surface area contributed by atoms with E-state index in [9.17, 15) is 4.79 Å². The van der Waals surface area contributed by atoms with Gasteiger partial charge >= 0.3 is 0 Å². The predicted octanol–water partition coefficient (Wildman–Crippen LogP) is 5.39. The Bertz CT molecular complexity index is 1960. The van der Waals surface area contributed by atoms with Crippen molar-refractivity contribution in [1.29, 1.82) is 0 Å². The van der Waals surface area contributed by atoms with Crippen LogP contribution in [0.1, 0.15) is 36.0 Å². The number of hydrogen-bond donors (Lipinski definition) is 1. The summed E-state index contributed by atoms with van der Waals surface area (Å²) in [6.45, 7) is 1.49. The van der Waals surface area contributed by atoms with Crippen LogP contribution in [0.15, 0.2) is 48.5 Å². The van der Waals surface area contributed by atoms with Crippen LogP contribution in [0.2, 0.25) is 0 Å². The molecule has 5 aromatic rings. The van der Waals surface area contributed by atoms with Gasteiger partial charge in [0, 0.05) is 48.7 Å². The summed E-state index contributed by atoms with van der Waals surface area (Å²) in [5.74, 6) is 2.00. The third kappa shape index (κ3) is 4.11. The van der Waals surface area contributed by atoms with Gasteiger partial charge in [0.2, 0.25) is 0 Å². The average molecular weight is 595 g/mol. The fourth-order valence-corrected chi connectivity index (χ4v) is 7.34. The van der Waals surface area contributed by atoms with E-state index in [1.54, 1.807) is 25.3 Å². The Labute approximate surface area is 254 Å². The van der Waals surface area contributed by atoms with Crippen LogP contribution >= 0.6 is 0 Å². The van der Waals surface area contributed by atoms with E-state index in [2.05, 4.69) is 10.6 Å². The molecule has 10 heteroatoms. The van der Waals surface area contributed by atoms with Crippen molar-refractivity contribution in [1.82, 2.24) is 24.0 Å². The third-order valence-electron chi connectivity index (χ3n) is 9.89. The number of aryl methyl sites for hydroxylation is 1. The third-order valence-corrected chi connectivity index (χ3v) is 9.89. The highest BCUT2D eigenvalue weighted by molar-refractivity contribution is 6.00. The van der Waals surface area contributed by atoms with Crippen molar-refractivity contribution < 1.29 is 18.7 Å². The number of methoxy groups -OCH3 is 2. The molecule has 2 aromatic carbocycles. The van der Waals surface area contributed by atoms with Crippen LogP contribution in [-0.4, -0.2) is 62.8 Å². The predicted molar refractivity (Wildman–Crippen MR) is 166 cm³/mol. The minimum Gasteiger partial charge on any atom is -0.494 e. The number of likely N-dealkylation sites (tertiary alicyclic amines) is 1. The van der Waals surface area contributed by atoms with Gasteiger partial charge in [-0.1, -0.05) is 6.07 Å². The number of benzene rings is 2. The highest BCUT2D eigenvalue weighted by Crippen LogP contribution is 2.40. The van der Waals surface area contributed by atoms with Crippen LogP contribution in [0.4, 0.5) is 4.39 Å². The number of pyridine rings is 1. The maximum Gasteiger partial charge on any atom is 0.254 e. The minimum absolute atomic E-state index is 0.0237. The lowest BCUT2D eigenvalue weighted by Crippen LogP contribution is -2.41. The second kappa shape index (κ2) is 10.1. The number of halogens is 1. The van der Waals surface area contributed by atoms with Gasteiger partial charge in [-0.15, -0.1) is 0 Å². The molecular weight excluding hydrogens is 559 g/mol. The first-order valence-electron chi connectivity index (χ1n) is 15.3. The van der Waals surface area contributed by atoms with Gasteiger partial charge in [-0.25, -0.2) is 14.4 Å². The van der Waals surface area contributed by atoms with Gasteiger partial charge in [-0.05, 0) is 80.0 Å². The zero-order valence-electron chi connectivity index (χ0n) is 25.1. The first-order chi connectivity index (χ1) is 21.4. The summed E-state index contributed by atoms with van der Waals surface area (Å²) in [4.78, 5) is 25.7. The molecule has 4 heterocycles. The van der Waals surface area contributed by atoms with Crippen molar-refractivity contribution in [2.24, 2.45) is 24.6 Å². The molecule has 1 aliphatic heterocycles. The van der Waals surface area contributed by atoms with E-state index in [1.807, 2.05) is 40.8 Å². The van der Waals surface area contributed by atoms with Gasteiger partial charge in [0.1, 0.15) is 16.9 Å². The first-order valence-corrected chi connectivity index (χ1v) is 15.3. The number of nitrogens with zero attached hydrogens (tertiary/aromatic N) is 5. The molecule has 2 aliphatic carbocycles. The summed E-state index contributed by atoms with van der Waals surface area (Å²) in [6.07, 6.45) is 4.36. The number of imidazole rings is 1. The molecule has 0 spiro atoms. The van der Waals surface area contributed by atoms with Crippen LogP contribution in [0, 0.1) is 17.7 Å². The number of aromatic nitrogens is 4. The number of carbonyl (C=O) groups is 1.